The number of carbonyl (C=O) groups excluding carboxylic acids is 1. The van der Waals surface area contributed by atoms with E-state index in [1.165, 1.54) is 11.1 Å². The van der Waals surface area contributed by atoms with E-state index in [-0.39, 0.29) is 17.5 Å². The molecule has 1 aliphatic carbocycles. The summed E-state index contributed by atoms with van der Waals surface area (Å²) in [6.07, 6.45) is 3.13. The first-order valence-corrected chi connectivity index (χ1v) is 6.96. The molecule has 2 rings (SSSR count). The molecule has 0 saturated heterocycles. The van der Waals surface area contributed by atoms with E-state index in [1.54, 1.807) is 0 Å². The summed E-state index contributed by atoms with van der Waals surface area (Å²) in [6.45, 7) is 4.05. The van der Waals surface area contributed by atoms with Crippen molar-refractivity contribution in [3.05, 3.63) is 35.4 Å². The molecule has 0 radical (unpaired) electrons. The molecule has 0 heterocycles. The van der Waals surface area contributed by atoms with Gasteiger partial charge in [0.2, 0.25) is 5.91 Å². The SMILES string of the molecule is Cc1cccc(CC2(NC(=O)C(C)N(C)C)CC2)c1. The maximum absolute atomic E-state index is 12.1. The molecule has 1 aromatic carbocycles. The van der Waals surface area contributed by atoms with Gasteiger partial charge in [-0.15, -0.1) is 0 Å². The van der Waals surface area contributed by atoms with Crippen LogP contribution in [0.3, 0.4) is 0 Å². The minimum Gasteiger partial charge on any atom is -0.349 e. The molecule has 0 aliphatic heterocycles. The smallest absolute Gasteiger partial charge is 0.237 e. The van der Waals surface area contributed by atoms with Crippen LogP contribution in [0.5, 0.6) is 0 Å². The Balaban J connectivity index is 1.98. The fourth-order valence-corrected chi connectivity index (χ4v) is 2.31. The molecule has 1 fully saturated rings. The Kier molecular flexibility index (Phi) is 3.95. The molecule has 1 N–H and O–H groups in total. The van der Waals surface area contributed by atoms with Crippen molar-refractivity contribution in [2.24, 2.45) is 0 Å². The zero-order chi connectivity index (χ0) is 14.0. The lowest BCUT2D eigenvalue weighted by Crippen LogP contribution is -2.47. The van der Waals surface area contributed by atoms with Gasteiger partial charge < -0.3 is 5.32 Å². The average molecular weight is 260 g/mol. The van der Waals surface area contributed by atoms with E-state index in [9.17, 15) is 4.79 Å². The zero-order valence-corrected chi connectivity index (χ0v) is 12.4. The van der Waals surface area contributed by atoms with Gasteiger partial charge in [0.1, 0.15) is 0 Å². The molecule has 1 saturated carbocycles. The largest absolute Gasteiger partial charge is 0.349 e. The van der Waals surface area contributed by atoms with Gasteiger partial charge in [0.15, 0.2) is 0 Å². The monoisotopic (exact) mass is 260 g/mol. The predicted molar refractivity (Wildman–Crippen MR) is 78.1 cm³/mol. The Morgan fingerprint density at radius 3 is 2.63 bits per heavy atom. The van der Waals surface area contributed by atoms with Crippen LogP contribution in [0.25, 0.3) is 0 Å². The number of hydrogen-bond donors (Lipinski definition) is 1. The van der Waals surface area contributed by atoms with Crippen molar-refractivity contribution >= 4 is 5.91 Å². The molecule has 1 aliphatic rings. The summed E-state index contributed by atoms with van der Waals surface area (Å²) in [6, 6.07) is 8.48. The minimum absolute atomic E-state index is 0.00907. The van der Waals surface area contributed by atoms with Crippen molar-refractivity contribution in [2.45, 2.75) is 44.7 Å². The van der Waals surface area contributed by atoms with E-state index in [0.717, 1.165) is 19.3 Å². The van der Waals surface area contributed by atoms with E-state index < -0.39 is 0 Å². The lowest BCUT2D eigenvalue weighted by Gasteiger charge is -2.24. The van der Waals surface area contributed by atoms with Gasteiger partial charge in [-0.05, 0) is 52.8 Å². The Bertz CT molecular complexity index is 464. The van der Waals surface area contributed by atoms with Gasteiger partial charge in [-0.2, -0.15) is 0 Å². The molecule has 0 aromatic heterocycles. The Morgan fingerprint density at radius 1 is 1.42 bits per heavy atom. The highest BCUT2D eigenvalue weighted by molar-refractivity contribution is 5.82. The maximum atomic E-state index is 12.1. The first-order chi connectivity index (χ1) is 8.92. The van der Waals surface area contributed by atoms with Crippen molar-refractivity contribution < 1.29 is 4.79 Å². The van der Waals surface area contributed by atoms with Crippen LogP contribution in [-0.4, -0.2) is 36.5 Å². The molecule has 0 bridgehead atoms. The number of aryl methyl sites for hydroxylation is 1. The highest BCUT2D eigenvalue weighted by Gasteiger charge is 2.44. The summed E-state index contributed by atoms with van der Waals surface area (Å²) in [5, 5.41) is 3.24. The van der Waals surface area contributed by atoms with Crippen molar-refractivity contribution in [1.82, 2.24) is 10.2 Å². The third kappa shape index (κ3) is 3.57. The number of hydrogen-bond acceptors (Lipinski definition) is 2. The third-order valence-electron chi connectivity index (χ3n) is 4.02. The number of rotatable bonds is 5. The molecular weight excluding hydrogens is 236 g/mol. The molecule has 1 aromatic rings. The van der Waals surface area contributed by atoms with Crippen molar-refractivity contribution in [3.63, 3.8) is 0 Å². The predicted octanol–water partition coefficient (Wildman–Crippen LogP) is 2.14. The molecule has 104 valence electrons. The highest BCUT2D eigenvalue weighted by atomic mass is 16.2. The summed E-state index contributed by atoms with van der Waals surface area (Å²) in [5.41, 5.74) is 2.60. The molecule has 0 spiro atoms. The standard InChI is InChI=1S/C16H24N2O/c1-12-6-5-7-14(10-12)11-16(8-9-16)17-15(19)13(2)18(3)4/h5-7,10,13H,8-9,11H2,1-4H3,(H,17,19). The van der Waals surface area contributed by atoms with Crippen LogP contribution in [0.15, 0.2) is 24.3 Å². The molecule has 3 heteroatoms. The molecule has 3 nitrogen and oxygen atoms in total. The lowest BCUT2D eigenvalue weighted by molar-refractivity contribution is -0.126. The second kappa shape index (κ2) is 5.33. The van der Waals surface area contributed by atoms with Crippen molar-refractivity contribution in [3.8, 4) is 0 Å². The lowest BCUT2D eigenvalue weighted by atomic mass is 10.0. The van der Waals surface area contributed by atoms with Gasteiger partial charge in [-0.1, -0.05) is 29.8 Å². The number of nitrogens with one attached hydrogen (secondary N) is 1. The van der Waals surface area contributed by atoms with Gasteiger partial charge >= 0.3 is 0 Å². The third-order valence-corrected chi connectivity index (χ3v) is 4.02. The van der Waals surface area contributed by atoms with Crippen LogP contribution in [0, 0.1) is 6.92 Å². The number of amides is 1. The first-order valence-electron chi connectivity index (χ1n) is 6.96. The molecule has 1 amide bonds. The summed E-state index contributed by atoms with van der Waals surface area (Å²) in [4.78, 5) is 14.1. The first kappa shape index (κ1) is 14.1. The van der Waals surface area contributed by atoms with E-state index in [1.807, 2.05) is 25.9 Å². The summed E-state index contributed by atoms with van der Waals surface area (Å²) in [5.74, 6) is 0.134. The van der Waals surface area contributed by atoms with Gasteiger partial charge in [-0.25, -0.2) is 0 Å². The molecule has 19 heavy (non-hydrogen) atoms. The van der Waals surface area contributed by atoms with Crippen molar-refractivity contribution in [2.75, 3.05) is 14.1 Å². The van der Waals surface area contributed by atoms with Crippen LogP contribution >= 0.6 is 0 Å². The number of benzene rings is 1. The van der Waals surface area contributed by atoms with Crippen LogP contribution in [-0.2, 0) is 11.2 Å². The van der Waals surface area contributed by atoms with Gasteiger partial charge in [0, 0.05) is 5.54 Å². The fraction of sp³-hybridized carbons (Fsp3) is 0.562. The Hall–Kier alpha value is -1.35. The fourth-order valence-electron chi connectivity index (χ4n) is 2.31. The van der Waals surface area contributed by atoms with Crippen molar-refractivity contribution in [1.29, 1.82) is 0 Å². The highest BCUT2D eigenvalue weighted by Crippen LogP contribution is 2.38. The summed E-state index contributed by atoms with van der Waals surface area (Å²) in [7, 11) is 3.87. The second-order valence-corrected chi connectivity index (χ2v) is 6.07. The Morgan fingerprint density at radius 2 is 2.11 bits per heavy atom. The van der Waals surface area contributed by atoms with Gasteiger partial charge in [0.25, 0.3) is 0 Å². The number of nitrogens with zero attached hydrogens (tertiary/aromatic N) is 1. The van der Waals surface area contributed by atoms with E-state index >= 15 is 0 Å². The van der Waals surface area contributed by atoms with Crippen LogP contribution in [0.4, 0.5) is 0 Å². The van der Waals surface area contributed by atoms with E-state index in [4.69, 9.17) is 0 Å². The summed E-state index contributed by atoms with van der Waals surface area (Å²) < 4.78 is 0. The molecule has 1 atom stereocenters. The quantitative estimate of drug-likeness (QED) is 0.879. The van der Waals surface area contributed by atoms with E-state index in [0.29, 0.717) is 0 Å². The Labute approximate surface area is 116 Å². The topological polar surface area (TPSA) is 32.3 Å². The maximum Gasteiger partial charge on any atom is 0.237 e. The summed E-state index contributed by atoms with van der Waals surface area (Å²) >= 11 is 0. The van der Waals surface area contributed by atoms with Crippen LogP contribution in [0.1, 0.15) is 30.9 Å². The van der Waals surface area contributed by atoms with Crippen LogP contribution < -0.4 is 5.32 Å². The van der Waals surface area contributed by atoms with Gasteiger partial charge in [0.05, 0.1) is 6.04 Å². The number of carbonyl (C=O) groups is 1. The van der Waals surface area contributed by atoms with Gasteiger partial charge in [-0.3, -0.25) is 9.69 Å². The minimum atomic E-state index is -0.0741. The van der Waals surface area contributed by atoms with E-state index in [2.05, 4.69) is 36.5 Å². The normalized spacial score (nSPS) is 18.2. The molecular formula is C16H24N2O. The average Bonchev–Trinajstić information content (AvgIpc) is 3.07. The second-order valence-electron chi connectivity index (χ2n) is 6.07. The zero-order valence-electron chi connectivity index (χ0n) is 12.4. The molecule has 1 unspecified atom stereocenters. The van der Waals surface area contributed by atoms with Crippen LogP contribution in [0.2, 0.25) is 0 Å². The number of likely N-dealkylation sites (N-methyl/N-ethyl adjacent to an activating group) is 1.